The third-order valence-corrected chi connectivity index (χ3v) is 3.19. The summed E-state index contributed by atoms with van der Waals surface area (Å²) in [6, 6.07) is 4.40. The topological polar surface area (TPSA) is 90.7 Å². The van der Waals surface area contributed by atoms with Gasteiger partial charge >= 0.3 is 0 Å². The highest BCUT2D eigenvalue weighted by Gasteiger charge is 2.22. The monoisotopic (exact) mass is 300 g/mol. The molecule has 1 atom stereocenters. The summed E-state index contributed by atoms with van der Waals surface area (Å²) in [4.78, 5) is 23.4. The molecule has 0 aromatic heterocycles. The van der Waals surface area contributed by atoms with Crippen LogP contribution in [0.4, 0.5) is 0 Å². The number of primary amides is 1. The number of benzene rings is 1. The van der Waals surface area contributed by atoms with Crippen molar-refractivity contribution >= 4 is 17.9 Å². The summed E-state index contributed by atoms with van der Waals surface area (Å²) in [6.07, 6.45) is 6.88. The molecular formula is C16H16N2O4. The Morgan fingerprint density at radius 1 is 1.55 bits per heavy atom. The van der Waals surface area contributed by atoms with Crippen molar-refractivity contribution in [3.8, 4) is 23.8 Å². The molecule has 2 rings (SSSR count). The molecule has 0 saturated carbocycles. The summed E-state index contributed by atoms with van der Waals surface area (Å²) in [5.41, 5.74) is 6.30. The molecule has 6 nitrogen and oxygen atoms in total. The quantitative estimate of drug-likeness (QED) is 0.773. The summed E-state index contributed by atoms with van der Waals surface area (Å²) in [7, 11) is 1.56. The fraction of sp³-hybridized carbons (Fsp3) is 0.250. The summed E-state index contributed by atoms with van der Waals surface area (Å²) in [5, 5.41) is 2.51. The Kier molecular flexibility index (Phi) is 4.69. The summed E-state index contributed by atoms with van der Waals surface area (Å²) in [5.74, 6) is 2.51. The van der Waals surface area contributed by atoms with E-state index in [-0.39, 0.29) is 13.0 Å². The number of terminal acetylenes is 1. The first kappa shape index (κ1) is 15.4. The van der Waals surface area contributed by atoms with Crippen LogP contribution < -0.4 is 20.5 Å². The number of nitrogens with one attached hydrogen (secondary N) is 1. The normalized spacial score (nSPS) is 13.7. The number of amides is 2. The van der Waals surface area contributed by atoms with Gasteiger partial charge in [0, 0.05) is 12.0 Å². The average Bonchev–Trinajstić information content (AvgIpc) is 2.53. The zero-order valence-corrected chi connectivity index (χ0v) is 12.1. The lowest BCUT2D eigenvalue weighted by Gasteiger charge is -2.20. The number of carbonyl (C=O) groups is 2. The van der Waals surface area contributed by atoms with Crippen LogP contribution in [-0.4, -0.2) is 31.6 Å². The summed E-state index contributed by atoms with van der Waals surface area (Å²) < 4.78 is 10.7. The van der Waals surface area contributed by atoms with E-state index in [1.54, 1.807) is 31.4 Å². The van der Waals surface area contributed by atoms with Gasteiger partial charge in [-0.25, -0.2) is 0 Å². The first-order valence-corrected chi connectivity index (χ1v) is 6.60. The lowest BCUT2D eigenvalue weighted by Crippen LogP contribution is -2.45. The molecule has 0 bridgehead atoms. The van der Waals surface area contributed by atoms with Gasteiger partial charge in [-0.05, 0) is 24.3 Å². The van der Waals surface area contributed by atoms with Gasteiger partial charge < -0.3 is 20.5 Å². The number of hydrogen-bond acceptors (Lipinski definition) is 4. The van der Waals surface area contributed by atoms with E-state index in [1.165, 1.54) is 0 Å². The Bertz CT molecular complexity index is 673. The lowest BCUT2D eigenvalue weighted by atomic mass is 10.1. The molecule has 0 saturated heterocycles. The van der Waals surface area contributed by atoms with Gasteiger partial charge in [0.1, 0.15) is 24.1 Å². The smallest absolute Gasteiger partial charge is 0.251 e. The van der Waals surface area contributed by atoms with Gasteiger partial charge in [-0.1, -0.05) is 0 Å². The number of nitrogens with two attached hydrogens (primary N) is 1. The highest BCUT2D eigenvalue weighted by atomic mass is 16.5. The van der Waals surface area contributed by atoms with Crippen molar-refractivity contribution in [1.29, 1.82) is 0 Å². The zero-order valence-electron chi connectivity index (χ0n) is 12.1. The molecule has 3 N–H and O–H groups in total. The Morgan fingerprint density at radius 2 is 2.32 bits per heavy atom. The van der Waals surface area contributed by atoms with Gasteiger partial charge in [0.25, 0.3) is 5.91 Å². The first-order valence-electron chi connectivity index (χ1n) is 6.60. The minimum Gasteiger partial charge on any atom is -0.497 e. The number of rotatable bonds is 5. The second-order valence-corrected chi connectivity index (χ2v) is 4.70. The molecule has 2 amide bonds. The largest absolute Gasteiger partial charge is 0.497 e. The molecule has 1 aliphatic rings. The molecule has 0 spiro atoms. The van der Waals surface area contributed by atoms with Crippen molar-refractivity contribution in [3.05, 3.63) is 29.3 Å². The Labute approximate surface area is 128 Å². The number of methoxy groups -OCH3 is 1. The number of carbonyl (C=O) groups excluding carboxylic acids is 2. The van der Waals surface area contributed by atoms with Crippen LogP contribution in [0.1, 0.15) is 12.0 Å². The Balaban J connectivity index is 2.18. The first-order chi connectivity index (χ1) is 10.5. The van der Waals surface area contributed by atoms with E-state index in [9.17, 15) is 9.59 Å². The van der Waals surface area contributed by atoms with Crippen molar-refractivity contribution in [1.82, 2.24) is 5.32 Å². The fourth-order valence-corrected chi connectivity index (χ4v) is 2.01. The van der Waals surface area contributed by atoms with E-state index in [0.717, 1.165) is 5.56 Å². The molecule has 1 heterocycles. The van der Waals surface area contributed by atoms with Crippen LogP contribution in [0.25, 0.3) is 6.08 Å². The maximum atomic E-state index is 12.2. The van der Waals surface area contributed by atoms with Gasteiger partial charge in [0.05, 0.1) is 12.7 Å². The molecule has 114 valence electrons. The third-order valence-electron chi connectivity index (χ3n) is 3.19. The average molecular weight is 300 g/mol. The fourth-order valence-electron chi connectivity index (χ4n) is 2.01. The molecule has 1 aromatic rings. The van der Waals surface area contributed by atoms with Gasteiger partial charge in [0.15, 0.2) is 0 Å². The molecule has 0 unspecified atom stereocenters. The van der Waals surface area contributed by atoms with E-state index in [4.69, 9.17) is 21.6 Å². The Morgan fingerprint density at radius 3 is 2.95 bits per heavy atom. The minimum absolute atomic E-state index is 0.0413. The summed E-state index contributed by atoms with van der Waals surface area (Å²) in [6.45, 7) is 0.104. The SMILES string of the molecule is C#CC[C@@H](NC(=O)C1=Cc2cc(OC)ccc2OC1)C(N)=O. The molecular weight excluding hydrogens is 284 g/mol. The standard InChI is InChI=1S/C16H16N2O4/c1-3-4-13(15(17)19)18-16(20)11-7-10-8-12(21-2)5-6-14(10)22-9-11/h1,5-8,13H,4,9H2,2H3,(H2,17,19)(H,18,20)/t13-/m1/s1. The van der Waals surface area contributed by atoms with Crippen molar-refractivity contribution in [2.75, 3.05) is 13.7 Å². The van der Waals surface area contributed by atoms with Crippen LogP contribution in [-0.2, 0) is 9.59 Å². The van der Waals surface area contributed by atoms with Crippen molar-refractivity contribution in [2.45, 2.75) is 12.5 Å². The van der Waals surface area contributed by atoms with E-state index in [0.29, 0.717) is 17.1 Å². The minimum atomic E-state index is -0.898. The third kappa shape index (κ3) is 3.38. The van der Waals surface area contributed by atoms with Crippen LogP contribution >= 0.6 is 0 Å². The molecule has 6 heteroatoms. The highest BCUT2D eigenvalue weighted by molar-refractivity contribution is 6.01. The Hall–Kier alpha value is -2.94. The van der Waals surface area contributed by atoms with Gasteiger partial charge in [-0.2, -0.15) is 0 Å². The van der Waals surface area contributed by atoms with E-state index < -0.39 is 17.9 Å². The molecule has 0 fully saturated rings. The van der Waals surface area contributed by atoms with Crippen molar-refractivity contribution in [2.24, 2.45) is 5.73 Å². The van der Waals surface area contributed by atoms with Crippen LogP contribution in [0.2, 0.25) is 0 Å². The van der Waals surface area contributed by atoms with Crippen LogP contribution in [0.15, 0.2) is 23.8 Å². The highest BCUT2D eigenvalue weighted by Crippen LogP contribution is 2.29. The van der Waals surface area contributed by atoms with Crippen molar-refractivity contribution < 1.29 is 19.1 Å². The molecule has 0 aliphatic carbocycles. The number of hydrogen-bond donors (Lipinski definition) is 2. The summed E-state index contributed by atoms with van der Waals surface area (Å²) >= 11 is 0. The van der Waals surface area contributed by atoms with Gasteiger partial charge in [-0.3, -0.25) is 9.59 Å². The molecule has 0 radical (unpaired) electrons. The van der Waals surface area contributed by atoms with Crippen LogP contribution in [0.5, 0.6) is 11.5 Å². The zero-order chi connectivity index (χ0) is 16.1. The molecule has 1 aliphatic heterocycles. The predicted octanol–water partition coefficient (Wildman–Crippen LogP) is 0.464. The second-order valence-electron chi connectivity index (χ2n) is 4.70. The van der Waals surface area contributed by atoms with Crippen LogP contribution in [0.3, 0.4) is 0 Å². The van der Waals surface area contributed by atoms with E-state index in [1.807, 2.05) is 0 Å². The molecule has 22 heavy (non-hydrogen) atoms. The second kappa shape index (κ2) is 6.68. The van der Waals surface area contributed by atoms with E-state index >= 15 is 0 Å². The van der Waals surface area contributed by atoms with Gasteiger partial charge in [0.2, 0.25) is 5.91 Å². The van der Waals surface area contributed by atoms with E-state index in [2.05, 4.69) is 11.2 Å². The maximum absolute atomic E-state index is 12.2. The number of ether oxygens (including phenoxy) is 2. The lowest BCUT2D eigenvalue weighted by molar-refractivity contribution is -0.125. The maximum Gasteiger partial charge on any atom is 0.251 e. The predicted molar refractivity (Wildman–Crippen MR) is 81.0 cm³/mol. The number of fused-ring (bicyclic) bond motifs is 1. The van der Waals surface area contributed by atoms with Crippen LogP contribution in [0, 0.1) is 12.3 Å². The van der Waals surface area contributed by atoms with Gasteiger partial charge in [-0.15, -0.1) is 12.3 Å². The molecule has 1 aromatic carbocycles. The van der Waals surface area contributed by atoms with Crippen molar-refractivity contribution in [3.63, 3.8) is 0 Å².